The molecule has 0 atom stereocenters. The van der Waals surface area contributed by atoms with Crippen LogP contribution in [0.3, 0.4) is 0 Å². The zero-order valence-electron chi connectivity index (χ0n) is 11.5. The lowest BCUT2D eigenvalue weighted by Gasteiger charge is -2.15. The fourth-order valence-corrected chi connectivity index (χ4v) is 2.99. The van der Waals surface area contributed by atoms with Crippen LogP contribution in [0.15, 0.2) is 42.5 Å². The van der Waals surface area contributed by atoms with Crippen molar-refractivity contribution >= 4 is 17.3 Å². The number of rotatable bonds is 4. The Morgan fingerprint density at radius 1 is 1.15 bits per heavy atom. The number of hydrogen-bond acceptors (Lipinski definition) is 2. The zero-order chi connectivity index (χ0) is 13.9. The van der Waals surface area contributed by atoms with Crippen molar-refractivity contribution in [3.05, 3.63) is 58.6 Å². The highest BCUT2D eigenvalue weighted by Gasteiger charge is 2.20. The number of hydrogen-bond donors (Lipinski definition) is 1. The maximum atomic E-state index is 6.22. The molecule has 104 valence electrons. The molecule has 0 fully saturated rings. The molecule has 2 nitrogen and oxygen atoms in total. The van der Waals surface area contributed by atoms with Crippen LogP contribution in [-0.2, 0) is 12.8 Å². The summed E-state index contributed by atoms with van der Waals surface area (Å²) in [7, 11) is 0. The number of ether oxygens (including phenoxy) is 1. The van der Waals surface area contributed by atoms with Gasteiger partial charge in [0.25, 0.3) is 0 Å². The average Bonchev–Trinajstić information content (AvgIpc) is 2.84. The van der Waals surface area contributed by atoms with Crippen LogP contribution >= 0.6 is 11.6 Å². The first-order chi connectivity index (χ1) is 9.76. The Balaban J connectivity index is 1.69. The number of benzene rings is 2. The number of anilines is 1. The maximum Gasteiger partial charge on any atom is 0.138 e. The van der Waals surface area contributed by atoms with Gasteiger partial charge in [0.05, 0.1) is 11.6 Å². The van der Waals surface area contributed by atoms with E-state index >= 15 is 0 Å². The van der Waals surface area contributed by atoms with Crippen LogP contribution in [0.4, 0.5) is 5.69 Å². The molecule has 1 N–H and O–H groups in total. The van der Waals surface area contributed by atoms with Gasteiger partial charge in [-0.05, 0) is 49.1 Å². The molecule has 20 heavy (non-hydrogen) atoms. The summed E-state index contributed by atoms with van der Waals surface area (Å²) in [5.41, 5.74) is 3.94. The normalized spacial score (nSPS) is 14.1. The van der Waals surface area contributed by atoms with Gasteiger partial charge in [-0.25, -0.2) is 0 Å². The van der Waals surface area contributed by atoms with Gasteiger partial charge in [-0.1, -0.05) is 35.9 Å². The summed E-state index contributed by atoms with van der Waals surface area (Å²) in [5.74, 6) is 0.745. The van der Waals surface area contributed by atoms with E-state index in [4.69, 9.17) is 16.3 Å². The molecule has 0 radical (unpaired) electrons. The number of halogens is 1. The Morgan fingerprint density at radius 2 is 1.85 bits per heavy atom. The van der Waals surface area contributed by atoms with Gasteiger partial charge >= 0.3 is 0 Å². The second-order valence-corrected chi connectivity index (χ2v) is 5.50. The second-order valence-electron chi connectivity index (χ2n) is 5.10. The molecule has 3 heteroatoms. The first-order valence-electron chi connectivity index (χ1n) is 7.02. The van der Waals surface area contributed by atoms with Gasteiger partial charge in [-0.15, -0.1) is 0 Å². The van der Waals surface area contributed by atoms with Gasteiger partial charge in [0.2, 0.25) is 0 Å². The summed E-state index contributed by atoms with van der Waals surface area (Å²) in [5, 5.41) is 4.22. The van der Waals surface area contributed by atoms with E-state index in [9.17, 15) is 0 Å². The van der Waals surface area contributed by atoms with Crippen LogP contribution in [0.25, 0.3) is 0 Å². The smallest absolute Gasteiger partial charge is 0.138 e. The molecular weight excluding hydrogens is 270 g/mol. The highest BCUT2D eigenvalue weighted by atomic mass is 35.5. The SMILES string of the molecule is CCOc1ccc(NC2Cc3ccccc3C2)cc1Cl. The monoisotopic (exact) mass is 287 g/mol. The summed E-state index contributed by atoms with van der Waals surface area (Å²) < 4.78 is 5.45. The van der Waals surface area contributed by atoms with E-state index in [1.165, 1.54) is 11.1 Å². The Morgan fingerprint density at radius 3 is 2.45 bits per heavy atom. The predicted molar refractivity (Wildman–Crippen MR) is 83.9 cm³/mol. The molecule has 0 saturated carbocycles. The molecule has 0 saturated heterocycles. The maximum absolute atomic E-state index is 6.22. The van der Waals surface area contributed by atoms with Crippen LogP contribution in [0.2, 0.25) is 5.02 Å². The third-order valence-corrected chi connectivity index (χ3v) is 3.95. The Kier molecular flexibility index (Phi) is 3.83. The highest BCUT2D eigenvalue weighted by molar-refractivity contribution is 6.32. The van der Waals surface area contributed by atoms with Crippen molar-refractivity contribution in [2.45, 2.75) is 25.8 Å². The molecule has 0 unspecified atom stereocenters. The van der Waals surface area contributed by atoms with Gasteiger partial charge in [0.1, 0.15) is 5.75 Å². The minimum absolute atomic E-state index is 0.446. The van der Waals surface area contributed by atoms with Crippen molar-refractivity contribution in [2.24, 2.45) is 0 Å². The minimum Gasteiger partial charge on any atom is -0.492 e. The summed E-state index contributed by atoms with van der Waals surface area (Å²) in [6, 6.07) is 15.0. The molecule has 0 bridgehead atoms. The summed E-state index contributed by atoms with van der Waals surface area (Å²) in [6.45, 7) is 2.59. The van der Waals surface area contributed by atoms with E-state index in [1.807, 2.05) is 25.1 Å². The summed E-state index contributed by atoms with van der Waals surface area (Å²) in [4.78, 5) is 0. The Bertz CT molecular complexity index is 587. The minimum atomic E-state index is 0.446. The fourth-order valence-electron chi connectivity index (χ4n) is 2.76. The predicted octanol–water partition coefficient (Wildman–Crippen LogP) is 4.32. The van der Waals surface area contributed by atoms with Crippen molar-refractivity contribution < 1.29 is 4.74 Å². The molecule has 0 aromatic heterocycles. The first kappa shape index (κ1) is 13.3. The van der Waals surface area contributed by atoms with Crippen molar-refractivity contribution in [1.29, 1.82) is 0 Å². The molecule has 0 heterocycles. The van der Waals surface area contributed by atoms with Gasteiger partial charge in [-0.2, -0.15) is 0 Å². The topological polar surface area (TPSA) is 21.3 Å². The molecule has 0 amide bonds. The number of nitrogens with one attached hydrogen (secondary N) is 1. The Hall–Kier alpha value is -1.67. The van der Waals surface area contributed by atoms with E-state index < -0.39 is 0 Å². The molecule has 2 aromatic rings. The van der Waals surface area contributed by atoms with Crippen LogP contribution in [0, 0.1) is 0 Å². The van der Waals surface area contributed by atoms with E-state index in [0.717, 1.165) is 24.3 Å². The first-order valence-corrected chi connectivity index (χ1v) is 7.39. The molecule has 3 rings (SSSR count). The standard InChI is InChI=1S/C17H18ClNO/c1-2-20-17-8-7-14(11-16(17)18)19-15-9-12-5-3-4-6-13(12)10-15/h3-8,11,15,19H,2,9-10H2,1H3. The summed E-state index contributed by atoms with van der Waals surface area (Å²) >= 11 is 6.22. The third kappa shape index (κ3) is 2.75. The van der Waals surface area contributed by atoms with Crippen LogP contribution in [0.1, 0.15) is 18.1 Å². The lowest BCUT2D eigenvalue weighted by Crippen LogP contribution is -2.19. The van der Waals surface area contributed by atoms with E-state index in [2.05, 4.69) is 29.6 Å². The molecule has 1 aliphatic carbocycles. The summed E-state index contributed by atoms with van der Waals surface area (Å²) in [6.07, 6.45) is 2.14. The van der Waals surface area contributed by atoms with Gasteiger partial charge in [0.15, 0.2) is 0 Å². The lowest BCUT2D eigenvalue weighted by atomic mass is 10.1. The van der Waals surface area contributed by atoms with Crippen LogP contribution < -0.4 is 10.1 Å². The van der Waals surface area contributed by atoms with Gasteiger partial charge < -0.3 is 10.1 Å². The van der Waals surface area contributed by atoms with Crippen molar-refractivity contribution in [3.63, 3.8) is 0 Å². The molecule has 0 spiro atoms. The van der Waals surface area contributed by atoms with E-state index in [-0.39, 0.29) is 0 Å². The Labute approximate surface area is 124 Å². The van der Waals surface area contributed by atoms with Crippen molar-refractivity contribution in [3.8, 4) is 5.75 Å². The lowest BCUT2D eigenvalue weighted by molar-refractivity contribution is 0.340. The van der Waals surface area contributed by atoms with Crippen LogP contribution in [0.5, 0.6) is 5.75 Å². The van der Waals surface area contributed by atoms with E-state index in [0.29, 0.717) is 17.7 Å². The molecule has 2 aromatic carbocycles. The van der Waals surface area contributed by atoms with Gasteiger partial charge in [-0.3, -0.25) is 0 Å². The van der Waals surface area contributed by atoms with Gasteiger partial charge in [0, 0.05) is 11.7 Å². The highest BCUT2D eigenvalue weighted by Crippen LogP contribution is 2.30. The quantitative estimate of drug-likeness (QED) is 0.904. The molecular formula is C17H18ClNO. The zero-order valence-corrected chi connectivity index (χ0v) is 12.3. The third-order valence-electron chi connectivity index (χ3n) is 3.65. The second kappa shape index (κ2) is 5.76. The molecule has 0 aliphatic heterocycles. The fraction of sp³-hybridized carbons (Fsp3) is 0.294. The van der Waals surface area contributed by atoms with E-state index in [1.54, 1.807) is 0 Å². The number of fused-ring (bicyclic) bond motifs is 1. The van der Waals surface area contributed by atoms with Crippen LogP contribution in [-0.4, -0.2) is 12.6 Å². The van der Waals surface area contributed by atoms with Crippen molar-refractivity contribution in [2.75, 3.05) is 11.9 Å². The average molecular weight is 288 g/mol. The largest absolute Gasteiger partial charge is 0.492 e. The molecule has 1 aliphatic rings. The van der Waals surface area contributed by atoms with Crippen molar-refractivity contribution in [1.82, 2.24) is 0 Å².